The lowest BCUT2D eigenvalue weighted by molar-refractivity contribution is 0.0158. The molecule has 1 aliphatic rings. The number of hydrogen-bond acceptors (Lipinski definition) is 4. The SMILES string of the molecule is CC(C)(C)N1CCC(CO)(n2cnnc2)CC1. The van der Waals surface area contributed by atoms with Crippen LogP contribution in [0.25, 0.3) is 0 Å². The summed E-state index contributed by atoms with van der Waals surface area (Å²) < 4.78 is 1.97. The van der Waals surface area contributed by atoms with Crippen molar-refractivity contribution in [1.82, 2.24) is 19.7 Å². The topological polar surface area (TPSA) is 54.2 Å². The molecule has 1 fully saturated rings. The third-order valence-corrected chi connectivity index (χ3v) is 3.90. The van der Waals surface area contributed by atoms with Crippen LogP contribution in [0.3, 0.4) is 0 Å². The normalized spacial score (nSPS) is 21.6. The fourth-order valence-electron chi connectivity index (χ4n) is 2.54. The van der Waals surface area contributed by atoms with Gasteiger partial charge >= 0.3 is 0 Å². The Morgan fingerprint density at radius 1 is 1.18 bits per heavy atom. The summed E-state index contributed by atoms with van der Waals surface area (Å²) in [5.41, 5.74) is 0.0000531. The molecule has 0 unspecified atom stereocenters. The lowest BCUT2D eigenvalue weighted by Gasteiger charge is -2.46. The summed E-state index contributed by atoms with van der Waals surface area (Å²) in [7, 11) is 0. The third kappa shape index (κ3) is 2.35. The van der Waals surface area contributed by atoms with Crippen LogP contribution in [0.4, 0.5) is 0 Å². The Bertz CT molecular complexity index is 347. The molecule has 5 nitrogen and oxygen atoms in total. The molecule has 1 aromatic rings. The van der Waals surface area contributed by atoms with Gasteiger partial charge in [0.15, 0.2) is 0 Å². The molecule has 0 spiro atoms. The quantitative estimate of drug-likeness (QED) is 0.830. The van der Waals surface area contributed by atoms with Crippen molar-refractivity contribution < 1.29 is 5.11 Å². The number of rotatable bonds is 2. The smallest absolute Gasteiger partial charge is 0.119 e. The van der Waals surface area contributed by atoms with E-state index >= 15 is 0 Å². The molecule has 5 heteroatoms. The Hall–Kier alpha value is -0.940. The number of likely N-dealkylation sites (tertiary alicyclic amines) is 1. The van der Waals surface area contributed by atoms with Gasteiger partial charge in [-0.15, -0.1) is 10.2 Å². The van der Waals surface area contributed by atoms with E-state index in [9.17, 15) is 5.11 Å². The molecule has 17 heavy (non-hydrogen) atoms. The highest BCUT2D eigenvalue weighted by Gasteiger charge is 2.38. The van der Waals surface area contributed by atoms with E-state index in [1.807, 2.05) is 4.57 Å². The molecule has 1 aromatic heterocycles. The van der Waals surface area contributed by atoms with Crippen molar-refractivity contribution in [3.63, 3.8) is 0 Å². The van der Waals surface area contributed by atoms with Gasteiger partial charge in [0.05, 0.1) is 12.1 Å². The van der Waals surface area contributed by atoms with Crippen LogP contribution >= 0.6 is 0 Å². The second kappa shape index (κ2) is 4.38. The van der Waals surface area contributed by atoms with Gasteiger partial charge in [-0.25, -0.2) is 0 Å². The summed E-state index contributed by atoms with van der Waals surface area (Å²) in [6.07, 6.45) is 5.31. The molecule has 1 aliphatic heterocycles. The first-order valence-corrected chi connectivity index (χ1v) is 6.19. The van der Waals surface area contributed by atoms with Gasteiger partial charge in [0.1, 0.15) is 12.7 Å². The first-order chi connectivity index (χ1) is 7.98. The van der Waals surface area contributed by atoms with Crippen LogP contribution < -0.4 is 0 Å². The molecule has 96 valence electrons. The van der Waals surface area contributed by atoms with Gasteiger partial charge in [-0.05, 0) is 33.6 Å². The van der Waals surface area contributed by atoms with Crippen molar-refractivity contribution in [3.05, 3.63) is 12.7 Å². The van der Waals surface area contributed by atoms with Crippen molar-refractivity contribution in [2.75, 3.05) is 19.7 Å². The van der Waals surface area contributed by atoms with Gasteiger partial charge in [0, 0.05) is 18.6 Å². The molecule has 1 saturated heterocycles. The third-order valence-electron chi connectivity index (χ3n) is 3.90. The minimum absolute atomic E-state index is 0.156. The lowest BCUT2D eigenvalue weighted by Crippen LogP contribution is -2.53. The number of aromatic nitrogens is 3. The number of hydrogen-bond donors (Lipinski definition) is 1. The molecule has 2 rings (SSSR count). The Labute approximate surface area is 102 Å². The average Bonchev–Trinajstić information content (AvgIpc) is 2.82. The molecule has 0 aromatic carbocycles. The van der Waals surface area contributed by atoms with Gasteiger partial charge in [-0.1, -0.05) is 0 Å². The molecule has 2 heterocycles. The molecule has 0 amide bonds. The van der Waals surface area contributed by atoms with Crippen LogP contribution in [0, 0.1) is 0 Å². The van der Waals surface area contributed by atoms with E-state index in [-0.39, 0.29) is 17.7 Å². The van der Waals surface area contributed by atoms with Crippen molar-refractivity contribution in [1.29, 1.82) is 0 Å². The van der Waals surface area contributed by atoms with Crippen LogP contribution in [-0.4, -0.2) is 50.0 Å². The number of aliphatic hydroxyl groups excluding tert-OH is 1. The monoisotopic (exact) mass is 238 g/mol. The van der Waals surface area contributed by atoms with E-state index in [4.69, 9.17) is 0 Å². The first-order valence-electron chi connectivity index (χ1n) is 6.19. The van der Waals surface area contributed by atoms with Crippen LogP contribution in [0.5, 0.6) is 0 Å². The maximum Gasteiger partial charge on any atom is 0.119 e. The van der Waals surface area contributed by atoms with E-state index in [0.29, 0.717) is 0 Å². The van der Waals surface area contributed by atoms with Crippen LogP contribution in [-0.2, 0) is 5.54 Å². The number of nitrogens with zero attached hydrogens (tertiary/aromatic N) is 4. The molecule has 0 aliphatic carbocycles. The molecule has 0 bridgehead atoms. The Morgan fingerprint density at radius 2 is 1.71 bits per heavy atom. The van der Waals surface area contributed by atoms with E-state index in [1.165, 1.54) is 0 Å². The molecule has 1 N–H and O–H groups in total. The summed E-state index contributed by atoms with van der Waals surface area (Å²) in [5.74, 6) is 0. The second-order valence-corrected chi connectivity index (χ2v) is 5.91. The molecular formula is C12H22N4O. The predicted molar refractivity (Wildman–Crippen MR) is 65.6 cm³/mol. The van der Waals surface area contributed by atoms with Crippen LogP contribution in [0.1, 0.15) is 33.6 Å². The van der Waals surface area contributed by atoms with Crippen LogP contribution in [0.15, 0.2) is 12.7 Å². The molecule has 0 atom stereocenters. The highest BCUT2D eigenvalue weighted by Crippen LogP contribution is 2.32. The lowest BCUT2D eigenvalue weighted by atomic mass is 9.86. The van der Waals surface area contributed by atoms with Gasteiger partial charge < -0.3 is 9.67 Å². The average molecular weight is 238 g/mol. The van der Waals surface area contributed by atoms with Gasteiger partial charge in [0.25, 0.3) is 0 Å². The zero-order valence-corrected chi connectivity index (χ0v) is 10.9. The first kappa shape index (κ1) is 12.5. The highest BCUT2D eigenvalue weighted by molar-refractivity contribution is 4.95. The van der Waals surface area contributed by atoms with E-state index in [0.717, 1.165) is 25.9 Å². The van der Waals surface area contributed by atoms with Crippen molar-refractivity contribution >= 4 is 0 Å². The van der Waals surface area contributed by atoms with Crippen molar-refractivity contribution in [2.45, 2.75) is 44.7 Å². The maximum atomic E-state index is 9.71. The number of aliphatic hydroxyl groups is 1. The van der Waals surface area contributed by atoms with E-state index < -0.39 is 0 Å². The fourth-order valence-corrected chi connectivity index (χ4v) is 2.54. The highest BCUT2D eigenvalue weighted by atomic mass is 16.3. The van der Waals surface area contributed by atoms with E-state index in [2.05, 4.69) is 35.9 Å². The Kier molecular flexibility index (Phi) is 3.23. The summed E-state index contributed by atoms with van der Waals surface area (Å²) in [4.78, 5) is 2.46. The van der Waals surface area contributed by atoms with Crippen molar-refractivity contribution in [3.8, 4) is 0 Å². The van der Waals surface area contributed by atoms with Crippen LogP contribution in [0.2, 0.25) is 0 Å². The fraction of sp³-hybridized carbons (Fsp3) is 0.833. The van der Waals surface area contributed by atoms with Crippen molar-refractivity contribution in [2.24, 2.45) is 0 Å². The zero-order valence-electron chi connectivity index (χ0n) is 10.9. The van der Waals surface area contributed by atoms with Gasteiger partial charge in [-0.3, -0.25) is 4.90 Å². The molecule has 0 saturated carbocycles. The molecular weight excluding hydrogens is 216 g/mol. The van der Waals surface area contributed by atoms with Gasteiger partial charge in [-0.2, -0.15) is 0 Å². The summed E-state index contributed by atoms with van der Waals surface area (Å²) in [5, 5.41) is 17.4. The van der Waals surface area contributed by atoms with E-state index in [1.54, 1.807) is 12.7 Å². The predicted octanol–water partition coefficient (Wildman–Crippen LogP) is 0.860. The second-order valence-electron chi connectivity index (χ2n) is 5.91. The standard InChI is InChI=1S/C12H22N4O/c1-11(2,3)15-6-4-12(8-17,5-7-15)16-9-13-14-10-16/h9-10,17H,4-8H2,1-3H3. The minimum Gasteiger partial charge on any atom is -0.394 e. The zero-order chi connectivity index (χ0) is 12.5. The van der Waals surface area contributed by atoms with Gasteiger partial charge in [0.2, 0.25) is 0 Å². The Morgan fingerprint density at radius 3 is 2.12 bits per heavy atom. The Balaban J connectivity index is 2.10. The largest absolute Gasteiger partial charge is 0.394 e. The summed E-state index contributed by atoms with van der Waals surface area (Å²) >= 11 is 0. The molecule has 0 radical (unpaired) electrons. The minimum atomic E-state index is -0.203. The summed E-state index contributed by atoms with van der Waals surface area (Å²) in [6.45, 7) is 8.86. The maximum absolute atomic E-state index is 9.71. The number of piperidine rings is 1. The summed E-state index contributed by atoms with van der Waals surface area (Å²) in [6, 6.07) is 0.